The summed E-state index contributed by atoms with van der Waals surface area (Å²) in [6.45, 7) is 0. The number of hydrogen-bond donors (Lipinski definition) is 1. The molecule has 2 saturated heterocycles. The molecule has 4 heterocycles. The summed E-state index contributed by atoms with van der Waals surface area (Å²) < 4.78 is 86.9. The minimum Gasteiger partial charge on any atom is -0.508 e. The van der Waals surface area contributed by atoms with Crippen LogP contribution in [-0.4, -0.2) is 69.9 Å². The number of nitrogens with zero attached hydrogens (tertiary/aromatic N) is 6. The Morgan fingerprint density at radius 2 is 1.25 bits per heavy atom. The molecule has 3 aromatic rings. The third-order valence-electron chi connectivity index (χ3n) is 10.6. The summed E-state index contributed by atoms with van der Waals surface area (Å²) in [5, 5.41) is 13.6. The van der Waals surface area contributed by atoms with Gasteiger partial charge in [0.25, 0.3) is 23.6 Å². The van der Waals surface area contributed by atoms with Crippen LogP contribution in [0, 0.1) is 29.6 Å². The Hall–Kier alpha value is -5.10. The summed E-state index contributed by atoms with van der Waals surface area (Å²) in [4.78, 5) is 64.2. The van der Waals surface area contributed by atoms with Crippen LogP contribution in [0.15, 0.2) is 54.1 Å². The molecular formula is C35H28Cl2F6N6O6. The second-order valence-electron chi connectivity index (χ2n) is 13.5. The lowest BCUT2D eigenvalue weighted by molar-refractivity contribution is -0.143. The number of alkyl halides is 6. The van der Waals surface area contributed by atoms with Crippen LogP contribution < -0.4 is 14.8 Å². The zero-order chi connectivity index (χ0) is 40.0. The van der Waals surface area contributed by atoms with E-state index in [0.717, 1.165) is 36.2 Å². The molecule has 3 fully saturated rings. The maximum atomic E-state index is 14.4. The molecule has 2 aromatic heterocycles. The Morgan fingerprint density at radius 3 is 1.75 bits per heavy atom. The molecule has 4 aliphatic rings. The van der Waals surface area contributed by atoms with Gasteiger partial charge in [0.1, 0.15) is 22.9 Å². The number of benzene rings is 1. The number of aromatic nitrogens is 2. The summed E-state index contributed by atoms with van der Waals surface area (Å²) in [6, 6.07) is 7.40. The van der Waals surface area contributed by atoms with Crippen molar-refractivity contribution >= 4 is 58.5 Å². The third-order valence-corrected chi connectivity index (χ3v) is 11.2. The molecule has 1 aromatic carbocycles. The Labute approximate surface area is 317 Å². The second-order valence-corrected chi connectivity index (χ2v) is 14.3. The van der Waals surface area contributed by atoms with Gasteiger partial charge in [0, 0.05) is 31.6 Å². The first kappa shape index (κ1) is 38.2. The van der Waals surface area contributed by atoms with Crippen LogP contribution in [0.5, 0.6) is 11.5 Å². The SMILES string of the molecule is COc1ccc(C2C3=CCC4C(=O)N(N(C)c5nc(C(F)(F)F)ccc5Cl)C(=O)C4C3CC3C(=O)N(N(C)c4nc(C(F)(F)F)ccc4Cl)C(=O)C32)c(O)c1. The number of aromatic hydroxyl groups is 1. The third kappa shape index (κ3) is 6.09. The van der Waals surface area contributed by atoms with Gasteiger partial charge in [-0.05, 0) is 49.1 Å². The summed E-state index contributed by atoms with van der Waals surface area (Å²) in [5.41, 5.74) is -2.05. The number of ether oxygens (including phenoxy) is 1. The zero-order valence-corrected chi connectivity index (χ0v) is 30.2. The van der Waals surface area contributed by atoms with Crippen LogP contribution in [0.2, 0.25) is 10.0 Å². The summed E-state index contributed by atoms with van der Waals surface area (Å²) in [7, 11) is 3.66. The lowest BCUT2D eigenvalue weighted by atomic mass is 9.57. The summed E-state index contributed by atoms with van der Waals surface area (Å²) >= 11 is 12.4. The number of fused-ring (bicyclic) bond motifs is 4. The molecule has 4 amide bonds. The van der Waals surface area contributed by atoms with E-state index in [2.05, 4.69) is 9.97 Å². The van der Waals surface area contributed by atoms with Crippen LogP contribution in [-0.2, 0) is 31.5 Å². The van der Waals surface area contributed by atoms with Crippen LogP contribution in [0.3, 0.4) is 0 Å². The van der Waals surface area contributed by atoms with Gasteiger partial charge in [-0.25, -0.2) is 9.97 Å². The molecule has 0 bridgehead atoms. The lowest BCUT2D eigenvalue weighted by Gasteiger charge is -2.44. The normalized spacial score (nSPS) is 25.1. The number of carbonyl (C=O) groups excluding carboxylic acids is 4. The summed E-state index contributed by atoms with van der Waals surface area (Å²) in [6.07, 6.45) is -8.37. The summed E-state index contributed by atoms with van der Waals surface area (Å²) in [5.74, 6) is -11.2. The second kappa shape index (κ2) is 13.3. The van der Waals surface area contributed by atoms with Gasteiger partial charge in [-0.1, -0.05) is 40.9 Å². The largest absolute Gasteiger partial charge is 0.508 e. The quantitative estimate of drug-likeness (QED) is 0.172. The number of imide groups is 2. The van der Waals surface area contributed by atoms with Crippen LogP contribution in [0.4, 0.5) is 38.0 Å². The van der Waals surface area contributed by atoms with E-state index >= 15 is 0 Å². The van der Waals surface area contributed by atoms with Crippen molar-refractivity contribution in [2.45, 2.75) is 31.1 Å². The van der Waals surface area contributed by atoms with Crippen LogP contribution >= 0.6 is 23.2 Å². The number of allylic oxidation sites excluding steroid dienone is 2. The first-order chi connectivity index (χ1) is 25.8. The average Bonchev–Trinajstić information content (AvgIpc) is 3.53. The minimum atomic E-state index is -4.89. The number of phenolic OH excluding ortho intramolecular Hbond substituents is 1. The number of halogens is 8. The lowest BCUT2D eigenvalue weighted by Crippen LogP contribution is -2.46. The predicted octanol–water partition coefficient (Wildman–Crippen LogP) is 6.27. The standard InChI is InChI=1S/C35H28Cl2F6N6O6/c1-46(28-20(36)8-10-23(44-28)34(38,39)40)48-30(51)17-7-6-15-18(26(17)32(48)53)13-19-27(25(15)16-5-4-14(55-3)12-22(16)50)33(54)49(31(19)52)47(2)29-21(37)9-11-24(45-29)35(41,42)43/h4-6,8-12,17-19,25-27,50H,7,13H2,1-3H3. The monoisotopic (exact) mass is 812 g/mol. The smallest absolute Gasteiger partial charge is 0.433 e. The molecule has 6 unspecified atom stereocenters. The number of phenols is 1. The number of hydrogen-bond acceptors (Lipinski definition) is 10. The van der Waals surface area contributed by atoms with Crippen molar-refractivity contribution in [1.29, 1.82) is 0 Å². The van der Waals surface area contributed by atoms with E-state index in [-0.39, 0.29) is 39.9 Å². The van der Waals surface area contributed by atoms with Crippen molar-refractivity contribution in [1.82, 2.24) is 20.0 Å². The Kier molecular flexibility index (Phi) is 9.22. The molecule has 2 aliphatic carbocycles. The molecule has 0 radical (unpaired) electrons. The van der Waals surface area contributed by atoms with Gasteiger partial charge in [0.05, 0.1) is 40.8 Å². The van der Waals surface area contributed by atoms with Gasteiger partial charge in [0.2, 0.25) is 0 Å². The number of methoxy groups -OCH3 is 1. The fourth-order valence-corrected chi connectivity index (χ4v) is 8.69. The molecule has 0 spiro atoms. The van der Waals surface area contributed by atoms with E-state index in [4.69, 9.17) is 27.9 Å². The molecule has 20 heteroatoms. The Balaban J connectivity index is 1.30. The highest BCUT2D eigenvalue weighted by atomic mass is 35.5. The van der Waals surface area contributed by atoms with E-state index < -0.39 is 94.5 Å². The molecule has 2 aliphatic heterocycles. The molecule has 290 valence electrons. The number of rotatable bonds is 6. The Bertz CT molecular complexity index is 2190. The van der Waals surface area contributed by atoms with Crippen molar-refractivity contribution < 1.29 is 55.4 Å². The maximum Gasteiger partial charge on any atom is 0.433 e. The number of anilines is 2. The van der Waals surface area contributed by atoms with Crippen LogP contribution in [0.1, 0.15) is 35.7 Å². The topological polar surface area (TPSA) is 136 Å². The van der Waals surface area contributed by atoms with E-state index in [1.807, 2.05) is 0 Å². The van der Waals surface area contributed by atoms with Gasteiger partial charge in [-0.3, -0.25) is 29.2 Å². The van der Waals surface area contributed by atoms with Gasteiger partial charge in [0.15, 0.2) is 11.6 Å². The average molecular weight is 814 g/mol. The maximum absolute atomic E-state index is 14.4. The van der Waals surface area contributed by atoms with E-state index in [9.17, 15) is 50.6 Å². The molecule has 1 N–H and O–H groups in total. The van der Waals surface area contributed by atoms with Gasteiger partial charge >= 0.3 is 12.4 Å². The first-order valence-electron chi connectivity index (χ1n) is 16.5. The fourth-order valence-electron chi connectivity index (χ4n) is 8.23. The molecule has 6 atom stereocenters. The number of amides is 4. The van der Waals surface area contributed by atoms with E-state index in [1.54, 1.807) is 6.08 Å². The zero-order valence-electron chi connectivity index (χ0n) is 28.7. The van der Waals surface area contributed by atoms with E-state index in [0.29, 0.717) is 27.7 Å². The Morgan fingerprint density at radius 1 is 0.745 bits per heavy atom. The van der Waals surface area contributed by atoms with Crippen LogP contribution in [0.25, 0.3) is 0 Å². The highest BCUT2D eigenvalue weighted by molar-refractivity contribution is 6.33. The number of hydrazine groups is 2. The molecule has 55 heavy (non-hydrogen) atoms. The van der Waals surface area contributed by atoms with Crippen molar-refractivity contribution in [2.75, 3.05) is 31.2 Å². The number of pyridine rings is 2. The van der Waals surface area contributed by atoms with Gasteiger partial charge in [-0.15, -0.1) is 0 Å². The first-order valence-corrected chi connectivity index (χ1v) is 17.3. The minimum absolute atomic E-state index is 0.0600. The molecule has 12 nitrogen and oxygen atoms in total. The highest BCUT2D eigenvalue weighted by Crippen LogP contribution is 2.59. The van der Waals surface area contributed by atoms with Crippen molar-refractivity contribution in [3.8, 4) is 11.5 Å². The fraction of sp³-hybridized carbons (Fsp3) is 0.371. The molecule has 1 saturated carbocycles. The van der Waals surface area contributed by atoms with Gasteiger partial charge in [-0.2, -0.15) is 36.4 Å². The van der Waals surface area contributed by atoms with Gasteiger partial charge < -0.3 is 9.84 Å². The predicted molar refractivity (Wildman–Crippen MR) is 181 cm³/mol. The molecular weight excluding hydrogens is 785 g/mol. The van der Waals surface area contributed by atoms with Crippen molar-refractivity contribution in [3.63, 3.8) is 0 Å². The highest BCUT2D eigenvalue weighted by Gasteiger charge is 2.63. The number of carbonyl (C=O) groups is 4. The van der Waals surface area contributed by atoms with Crippen molar-refractivity contribution in [2.24, 2.45) is 29.6 Å². The molecule has 7 rings (SSSR count). The van der Waals surface area contributed by atoms with Crippen molar-refractivity contribution in [3.05, 3.63) is 81.1 Å². The van der Waals surface area contributed by atoms with E-state index in [1.165, 1.54) is 25.3 Å².